The zero-order valence-corrected chi connectivity index (χ0v) is 9.88. The monoisotopic (exact) mass is 247 g/mol. The second-order valence-electron chi connectivity index (χ2n) is 4.41. The van der Waals surface area contributed by atoms with E-state index in [0.29, 0.717) is 18.0 Å². The van der Waals surface area contributed by atoms with Gasteiger partial charge < -0.3 is 5.73 Å². The number of hydrogen-bond acceptors (Lipinski definition) is 3. The van der Waals surface area contributed by atoms with Gasteiger partial charge in [-0.3, -0.25) is 0 Å². The standard InChI is InChI=1S/C11H16F3N3/c1-7(2)5-8-6-9(15)17-10(16-8)3-4-11(12,13)14/h6-7H,3-5H2,1-2H3,(H2,15,16,17). The van der Waals surface area contributed by atoms with Crippen LogP contribution in [-0.2, 0) is 12.8 Å². The van der Waals surface area contributed by atoms with Crippen molar-refractivity contribution < 1.29 is 13.2 Å². The summed E-state index contributed by atoms with van der Waals surface area (Å²) in [4.78, 5) is 7.90. The molecule has 0 saturated carbocycles. The van der Waals surface area contributed by atoms with Crippen molar-refractivity contribution in [3.05, 3.63) is 17.6 Å². The second-order valence-corrected chi connectivity index (χ2v) is 4.41. The van der Waals surface area contributed by atoms with E-state index in [1.165, 1.54) is 0 Å². The van der Waals surface area contributed by atoms with Gasteiger partial charge in [-0.15, -0.1) is 0 Å². The minimum absolute atomic E-state index is 0.165. The smallest absolute Gasteiger partial charge is 0.384 e. The Balaban J connectivity index is 2.75. The molecule has 3 nitrogen and oxygen atoms in total. The molecule has 1 rings (SSSR count). The van der Waals surface area contributed by atoms with Gasteiger partial charge in [-0.2, -0.15) is 13.2 Å². The summed E-state index contributed by atoms with van der Waals surface area (Å²) in [5.74, 6) is 0.769. The molecule has 17 heavy (non-hydrogen) atoms. The molecule has 0 aromatic carbocycles. The van der Waals surface area contributed by atoms with Crippen molar-refractivity contribution >= 4 is 5.82 Å². The average molecular weight is 247 g/mol. The topological polar surface area (TPSA) is 51.8 Å². The molecule has 1 aromatic heterocycles. The summed E-state index contributed by atoms with van der Waals surface area (Å²) < 4.78 is 36.2. The number of nitrogens with two attached hydrogens (primary N) is 1. The third kappa shape index (κ3) is 5.51. The van der Waals surface area contributed by atoms with Crippen molar-refractivity contribution in [3.8, 4) is 0 Å². The Hall–Kier alpha value is -1.33. The van der Waals surface area contributed by atoms with Crippen LogP contribution in [0.25, 0.3) is 0 Å². The van der Waals surface area contributed by atoms with E-state index in [0.717, 1.165) is 0 Å². The third-order valence-corrected chi connectivity index (χ3v) is 2.09. The molecule has 0 fully saturated rings. The number of alkyl halides is 3. The lowest BCUT2D eigenvalue weighted by Crippen LogP contribution is -2.12. The second kappa shape index (κ2) is 5.33. The van der Waals surface area contributed by atoms with Gasteiger partial charge in [0.05, 0.1) is 6.42 Å². The molecule has 0 radical (unpaired) electrons. The summed E-state index contributed by atoms with van der Waals surface area (Å²) in [7, 11) is 0. The third-order valence-electron chi connectivity index (χ3n) is 2.09. The quantitative estimate of drug-likeness (QED) is 0.890. The van der Waals surface area contributed by atoms with E-state index < -0.39 is 12.6 Å². The molecule has 96 valence electrons. The molecule has 0 unspecified atom stereocenters. The first-order valence-electron chi connectivity index (χ1n) is 5.45. The number of hydrogen-bond donors (Lipinski definition) is 1. The minimum atomic E-state index is -4.19. The van der Waals surface area contributed by atoms with Gasteiger partial charge in [0.15, 0.2) is 0 Å². The van der Waals surface area contributed by atoms with E-state index in [-0.39, 0.29) is 18.1 Å². The molecule has 6 heteroatoms. The van der Waals surface area contributed by atoms with Crippen LogP contribution < -0.4 is 5.73 Å². The van der Waals surface area contributed by atoms with Crippen molar-refractivity contribution in [3.63, 3.8) is 0 Å². The Morgan fingerprint density at radius 3 is 2.47 bits per heavy atom. The number of aryl methyl sites for hydroxylation is 1. The molecule has 0 aliphatic carbocycles. The van der Waals surface area contributed by atoms with Crippen LogP contribution in [-0.4, -0.2) is 16.1 Å². The summed E-state index contributed by atoms with van der Waals surface area (Å²) in [5, 5.41) is 0. The van der Waals surface area contributed by atoms with Gasteiger partial charge in [0.25, 0.3) is 0 Å². The lowest BCUT2D eigenvalue weighted by molar-refractivity contribution is -0.134. The fourth-order valence-corrected chi connectivity index (χ4v) is 1.46. The Morgan fingerprint density at radius 1 is 1.29 bits per heavy atom. The number of aromatic nitrogens is 2. The molecule has 0 bridgehead atoms. The van der Waals surface area contributed by atoms with Gasteiger partial charge in [-0.1, -0.05) is 13.8 Å². The van der Waals surface area contributed by atoms with Gasteiger partial charge in [-0.05, 0) is 12.3 Å². The Kier molecular flexibility index (Phi) is 4.31. The zero-order valence-electron chi connectivity index (χ0n) is 9.88. The molecule has 0 amide bonds. The van der Waals surface area contributed by atoms with E-state index in [1.807, 2.05) is 13.8 Å². The van der Waals surface area contributed by atoms with Crippen LogP contribution in [0.5, 0.6) is 0 Å². The number of rotatable bonds is 4. The van der Waals surface area contributed by atoms with E-state index >= 15 is 0 Å². The van der Waals surface area contributed by atoms with Crippen LogP contribution in [0.4, 0.5) is 19.0 Å². The lowest BCUT2D eigenvalue weighted by Gasteiger charge is -2.09. The largest absolute Gasteiger partial charge is 0.389 e. The van der Waals surface area contributed by atoms with Gasteiger partial charge in [0, 0.05) is 18.2 Å². The van der Waals surface area contributed by atoms with Crippen LogP contribution in [0.3, 0.4) is 0 Å². The summed E-state index contributed by atoms with van der Waals surface area (Å²) in [6, 6.07) is 1.61. The maximum Gasteiger partial charge on any atom is 0.389 e. The molecule has 0 saturated heterocycles. The van der Waals surface area contributed by atoms with Crippen LogP contribution in [0.15, 0.2) is 6.07 Å². The van der Waals surface area contributed by atoms with Crippen molar-refractivity contribution in [1.29, 1.82) is 0 Å². The molecule has 2 N–H and O–H groups in total. The normalized spacial score (nSPS) is 12.1. The van der Waals surface area contributed by atoms with Gasteiger partial charge >= 0.3 is 6.18 Å². The maximum absolute atomic E-state index is 12.1. The predicted octanol–water partition coefficient (Wildman–Crippen LogP) is 2.75. The fraction of sp³-hybridized carbons (Fsp3) is 0.636. The molecule has 0 aliphatic rings. The van der Waals surface area contributed by atoms with Crippen molar-refractivity contribution in [2.75, 3.05) is 5.73 Å². The number of anilines is 1. The molecule has 1 aromatic rings. The number of nitrogen functional groups attached to an aromatic ring is 1. The number of nitrogens with zero attached hydrogens (tertiary/aromatic N) is 2. The lowest BCUT2D eigenvalue weighted by atomic mass is 10.1. The molecule has 1 heterocycles. The van der Waals surface area contributed by atoms with Crippen molar-refractivity contribution in [2.24, 2.45) is 5.92 Å². The van der Waals surface area contributed by atoms with E-state index in [9.17, 15) is 13.2 Å². The van der Waals surface area contributed by atoms with Crippen LogP contribution in [0.1, 0.15) is 31.8 Å². The highest BCUT2D eigenvalue weighted by atomic mass is 19.4. The summed E-state index contributed by atoms with van der Waals surface area (Å²) in [5.41, 5.74) is 6.24. The van der Waals surface area contributed by atoms with Crippen LogP contribution in [0, 0.1) is 5.92 Å². The molecule has 0 spiro atoms. The molecular weight excluding hydrogens is 231 g/mol. The van der Waals surface area contributed by atoms with Crippen molar-refractivity contribution in [2.45, 2.75) is 39.3 Å². The Morgan fingerprint density at radius 2 is 1.94 bits per heavy atom. The summed E-state index contributed by atoms with van der Waals surface area (Å²) in [6.07, 6.45) is -4.64. The Labute approximate surface area is 98.3 Å². The Bertz CT molecular complexity index is 375. The molecule has 0 aliphatic heterocycles. The van der Waals surface area contributed by atoms with Crippen molar-refractivity contribution in [1.82, 2.24) is 9.97 Å². The highest BCUT2D eigenvalue weighted by Gasteiger charge is 2.27. The molecule has 0 atom stereocenters. The van der Waals surface area contributed by atoms with Crippen LogP contribution >= 0.6 is 0 Å². The average Bonchev–Trinajstić information content (AvgIpc) is 2.11. The first-order valence-corrected chi connectivity index (χ1v) is 5.45. The maximum atomic E-state index is 12.1. The van der Waals surface area contributed by atoms with Crippen LogP contribution in [0.2, 0.25) is 0 Å². The van der Waals surface area contributed by atoms with E-state index in [4.69, 9.17) is 5.73 Å². The SMILES string of the molecule is CC(C)Cc1cc(N)nc(CCC(F)(F)F)n1. The highest BCUT2D eigenvalue weighted by Crippen LogP contribution is 2.21. The summed E-state index contributed by atoms with van der Waals surface area (Å²) >= 11 is 0. The fourth-order valence-electron chi connectivity index (χ4n) is 1.46. The highest BCUT2D eigenvalue weighted by molar-refractivity contribution is 5.30. The number of halogens is 3. The summed E-state index contributed by atoms with van der Waals surface area (Å²) in [6.45, 7) is 4.02. The first-order chi connectivity index (χ1) is 7.76. The van der Waals surface area contributed by atoms with Gasteiger partial charge in [0.2, 0.25) is 0 Å². The van der Waals surface area contributed by atoms with Gasteiger partial charge in [-0.25, -0.2) is 9.97 Å². The predicted molar refractivity (Wildman–Crippen MR) is 59.4 cm³/mol. The van der Waals surface area contributed by atoms with Gasteiger partial charge in [0.1, 0.15) is 11.6 Å². The van der Waals surface area contributed by atoms with E-state index in [1.54, 1.807) is 6.07 Å². The first kappa shape index (κ1) is 13.7. The molecular formula is C11H16F3N3. The minimum Gasteiger partial charge on any atom is -0.384 e. The van der Waals surface area contributed by atoms with E-state index in [2.05, 4.69) is 9.97 Å². The zero-order chi connectivity index (χ0) is 13.1.